The van der Waals surface area contributed by atoms with Gasteiger partial charge in [-0.25, -0.2) is 5.84 Å². The highest BCUT2D eigenvalue weighted by Crippen LogP contribution is 2.26. The fourth-order valence-corrected chi connectivity index (χ4v) is 2.32. The number of nitrogens with two attached hydrogens (primary N) is 1. The van der Waals surface area contributed by atoms with Crippen LogP contribution in [-0.2, 0) is 11.3 Å². The second kappa shape index (κ2) is 6.02. The van der Waals surface area contributed by atoms with Gasteiger partial charge in [-0.1, -0.05) is 6.92 Å². The van der Waals surface area contributed by atoms with Gasteiger partial charge in [-0.3, -0.25) is 10.2 Å². The van der Waals surface area contributed by atoms with Gasteiger partial charge >= 0.3 is 5.91 Å². The number of rotatable bonds is 4. The lowest BCUT2D eigenvalue weighted by Crippen LogP contribution is -2.30. The molecule has 1 aromatic heterocycles. The number of hydrazine groups is 1. The Morgan fingerprint density at radius 1 is 1.50 bits per heavy atom. The van der Waals surface area contributed by atoms with E-state index in [-0.39, 0.29) is 5.76 Å². The smallest absolute Gasteiger partial charge is 0.301 e. The molecule has 1 aromatic rings. The number of amides is 1. The van der Waals surface area contributed by atoms with Crippen molar-refractivity contribution in [2.75, 3.05) is 0 Å². The maximum absolute atomic E-state index is 11.4. The maximum atomic E-state index is 11.4. The summed E-state index contributed by atoms with van der Waals surface area (Å²) in [5.41, 5.74) is 2.81. The lowest BCUT2D eigenvalue weighted by Gasteiger charge is -2.26. The Hall–Kier alpha value is -1.33. The summed E-state index contributed by atoms with van der Waals surface area (Å²) in [7, 11) is 0. The van der Waals surface area contributed by atoms with Crippen LogP contribution in [0.2, 0.25) is 0 Å². The third kappa shape index (κ3) is 3.11. The van der Waals surface area contributed by atoms with Crippen LogP contribution in [0.5, 0.6) is 0 Å². The first kappa shape index (κ1) is 13.1. The molecular formula is C13H20N2O3. The summed E-state index contributed by atoms with van der Waals surface area (Å²) in [5, 5.41) is 0. The number of nitrogens with one attached hydrogen (secondary N) is 1. The second-order valence-electron chi connectivity index (χ2n) is 4.94. The highest BCUT2D eigenvalue weighted by atomic mass is 16.5. The molecule has 100 valence electrons. The molecule has 0 radical (unpaired) electrons. The standard InChI is InChI=1S/C13H20N2O3/c1-9-2-4-11(5-3-9)18-8-10-6-7-17-12(10)13(16)15-14/h6-7,9,11H,2-5,8,14H2,1H3,(H,15,16). The molecule has 1 aliphatic rings. The van der Waals surface area contributed by atoms with Gasteiger partial charge in [0.25, 0.3) is 0 Å². The molecule has 1 saturated carbocycles. The molecule has 3 N–H and O–H groups in total. The van der Waals surface area contributed by atoms with Gasteiger partial charge in [0.15, 0.2) is 5.76 Å². The van der Waals surface area contributed by atoms with Crippen molar-refractivity contribution < 1.29 is 13.9 Å². The van der Waals surface area contributed by atoms with Crippen LogP contribution in [-0.4, -0.2) is 12.0 Å². The van der Waals surface area contributed by atoms with Gasteiger partial charge in [0.1, 0.15) is 0 Å². The summed E-state index contributed by atoms with van der Waals surface area (Å²) in [6.07, 6.45) is 6.39. The number of furan rings is 1. The number of carbonyl (C=O) groups excluding carboxylic acids is 1. The molecule has 2 rings (SSSR count). The lowest BCUT2D eigenvalue weighted by atomic mass is 9.89. The first-order chi connectivity index (χ1) is 8.70. The summed E-state index contributed by atoms with van der Waals surface area (Å²) in [6, 6.07) is 1.75. The van der Waals surface area contributed by atoms with Gasteiger partial charge in [-0.2, -0.15) is 0 Å². The van der Waals surface area contributed by atoms with Gasteiger partial charge < -0.3 is 9.15 Å². The van der Waals surface area contributed by atoms with Crippen LogP contribution in [0.1, 0.15) is 48.7 Å². The van der Waals surface area contributed by atoms with Crippen molar-refractivity contribution in [3.8, 4) is 0 Å². The minimum atomic E-state index is -0.420. The molecule has 18 heavy (non-hydrogen) atoms. The second-order valence-corrected chi connectivity index (χ2v) is 4.94. The first-order valence-electron chi connectivity index (χ1n) is 6.39. The van der Waals surface area contributed by atoms with Gasteiger partial charge in [0.2, 0.25) is 0 Å². The van der Waals surface area contributed by atoms with Crippen LogP contribution in [0.25, 0.3) is 0 Å². The predicted octanol–water partition coefficient (Wildman–Crippen LogP) is 1.98. The van der Waals surface area contributed by atoms with E-state index in [0.717, 1.165) is 24.3 Å². The Morgan fingerprint density at radius 3 is 2.89 bits per heavy atom. The van der Waals surface area contributed by atoms with E-state index in [4.69, 9.17) is 15.0 Å². The molecule has 1 heterocycles. The topological polar surface area (TPSA) is 77.5 Å². The maximum Gasteiger partial charge on any atom is 0.301 e. The Balaban J connectivity index is 1.87. The fourth-order valence-electron chi connectivity index (χ4n) is 2.32. The van der Waals surface area contributed by atoms with Crippen LogP contribution in [0, 0.1) is 5.92 Å². The van der Waals surface area contributed by atoms with E-state index in [1.165, 1.54) is 19.1 Å². The van der Waals surface area contributed by atoms with Crippen molar-refractivity contribution in [1.82, 2.24) is 5.43 Å². The molecule has 0 bridgehead atoms. The molecule has 0 spiro atoms. The molecule has 1 fully saturated rings. The molecule has 0 aromatic carbocycles. The summed E-state index contributed by atoms with van der Waals surface area (Å²) >= 11 is 0. The van der Waals surface area contributed by atoms with Gasteiger partial charge in [0, 0.05) is 5.56 Å². The normalized spacial score (nSPS) is 23.9. The van der Waals surface area contributed by atoms with E-state index in [0.29, 0.717) is 12.7 Å². The van der Waals surface area contributed by atoms with Crippen LogP contribution >= 0.6 is 0 Å². The van der Waals surface area contributed by atoms with E-state index >= 15 is 0 Å². The Morgan fingerprint density at radius 2 is 2.22 bits per heavy atom. The molecule has 1 amide bonds. The molecule has 1 aliphatic carbocycles. The molecule has 0 aliphatic heterocycles. The van der Waals surface area contributed by atoms with Crippen LogP contribution in [0.4, 0.5) is 0 Å². The molecular weight excluding hydrogens is 232 g/mol. The van der Waals surface area contributed by atoms with E-state index in [9.17, 15) is 4.79 Å². The fraction of sp³-hybridized carbons (Fsp3) is 0.615. The van der Waals surface area contributed by atoms with Crippen molar-refractivity contribution in [2.45, 2.75) is 45.3 Å². The van der Waals surface area contributed by atoms with E-state index in [2.05, 4.69) is 12.3 Å². The van der Waals surface area contributed by atoms with Gasteiger partial charge in [-0.05, 0) is 37.7 Å². The average Bonchev–Trinajstić information content (AvgIpc) is 2.85. The molecule has 0 atom stereocenters. The van der Waals surface area contributed by atoms with Crippen LogP contribution in [0.15, 0.2) is 16.7 Å². The molecule has 5 nitrogen and oxygen atoms in total. The zero-order chi connectivity index (χ0) is 13.0. The Labute approximate surface area is 107 Å². The number of hydrogen-bond donors (Lipinski definition) is 2. The van der Waals surface area contributed by atoms with Crippen LogP contribution < -0.4 is 11.3 Å². The van der Waals surface area contributed by atoms with Crippen molar-refractivity contribution >= 4 is 5.91 Å². The quantitative estimate of drug-likeness (QED) is 0.488. The third-order valence-corrected chi connectivity index (χ3v) is 3.52. The monoisotopic (exact) mass is 252 g/mol. The lowest BCUT2D eigenvalue weighted by molar-refractivity contribution is 0.00818. The number of carbonyl (C=O) groups is 1. The van der Waals surface area contributed by atoms with E-state index < -0.39 is 5.91 Å². The van der Waals surface area contributed by atoms with Crippen molar-refractivity contribution in [3.05, 3.63) is 23.7 Å². The largest absolute Gasteiger partial charge is 0.459 e. The summed E-state index contributed by atoms with van der Waals surface area (Å²) in [6.45, 7) is 2.67. The Kier molecular flexibility index (Phi) is 4.38. The van der Waals surface area contributed by atoms with E-state index in [1.807, 2.05) is 0 Å². The van der Waals surface area contributed by atoms with Crippen molar-refractivity contribution in [3.63, 3.8) is 0 Å². The van der Waals surface area contributed by atoms with Gasteiger partial charge in [-0.15, -0.1) is 0 Å². The molecule has 5 heteroatoms. The predicted molar refractivity (Wildman–Crippen MR) is 66.6 cm³/mol. The van der Waals surface area contributed by atoms with Crippen molar-refractivity contribution in [2.24, 2.45) is 11.8 Å². The summed E-state index contributed by atoms with van der Waals surface area (Å²) in [4.78, 5) is 11.4. The minimum absolute atomic E-state index is 0.238. The zero-order valence-electron chi connectivity index (χ0n) is 10.6. The highest BCUT2D eigenvalue weighted by Gasteiger charge is 2.20. The number of nitrogen functional groups attached to an aromatic ring is 1. The highest BCUT2D eigenvalue weighted by molar-refractivity contribution is 5.92. The van der Waals surface area contributed by atoms with Gasteiger partial charge in [0.05, 0.1) is 19.0 Å². The van der Waals surface area contributed by atoms with E-state index in [1.54, 1.807) is 6.07 Å². The van der Waals surface area contributed by atoms with Crippen LogP contribution in [0.3, 0.4) is 0 Å². The summed E-state index contributed by atoms with van der Waals surface area (Å²) in [5.74, 6) is 5.71. The first-order valence-corrected chi connectivity index (χ1v) is 6.39. The molecule has 0 saturated heterocycles. The third-order valence-electron chi connectivity index (χ3n) is 3.52. The number of hydrogen-bond acceptors (Lipinski definition) is 4. The summed E-state index contributed by atoms with van der Waals surface area (Å²) < 4.78 is 10.9. The zero-order valence-corrected chi connectivity index (χ0v) is 10.6. The average molecular weight is 252 g/mol. The SMILES string of the molecule is CC1CCC(OCc2ccoc2C(=O)NN)CC1. The number of ether oxygens (including phenoxy) is 1. The Bertz CT molecular complexity index is 395. The minimum Gasteiger partial charge on any atom is -0.459 e. The molecule has 0 unspecified atom stereocenters. The van der Waals surface area contributed by atoms with Crippen molar-refractivity contribution in [1.29, 1.82) is 0 Å².